The van der Waals surface area contributed by atoms with Gasteiger partial charge in [-0.05, 0) is 25.0 Å². The van der Waals surface area contributed by atoms with Gasteiger partial charge >= 0.3 is 0 Å². The summed E-state index contributed by atoms with van der Waals surface area (Å²) in [6.45, 7) is 4.57. The number of aromatic nitrogens is 4. The Labute approximate surface area is 101 Å². The van der Waals surface area contributed by atoms with Crippen molar-refractivity contribution in [2.24, 2.45) is 7.05 Å². The van der Waals surface area contributed by atoms with Crippen LogP contribution in [0.25, 0.3) is 0 Å². The Morgan fingerprint density at radius 2 is 2.18 bits per heavy atom. The van der Waals surface area contributed by atoms with Gasteiger partial charge in [-0.15, -0.1) is 10.2 Å². The normalized spacial score (nSPS) is 12.9. The van der Waals surface area contributed by atoms with Crippen LogP contribution in [0.15, 0.2) is 18.5 Å². The third kappa shape index (κ3) is 2.39. The number of hydrogen-bond donors (Lipinski definition) is 1. The maximum atomic E-state index is 9.72. The van der Waals surface area contributed by atoms with Gasteiger partial charge in [-0.2, -0.15) is 0 Å². The first-order valence-corrected chi connectivity index (χ1v) is 5.80. The summed E-state index contributed by atoms with van der Waals surface area (Å²) in [5.74, 6) is 1.82. The Morgan fingerprint density at radius 1 is 1.41 bits per heavy atom. The molecule has 0 bridgehead atoms. The minimum atomic E-state index is -0.377. The van der Waals surface area contributed by atoms with Crippen LogP contribution in [-0.2, 0) is 13.6 Å². The van der Waals surface area contributed by atoms with Crippen LogP contribution in [-0.4, -0.2) is 24.4 Å². The molecule has 2 aromatic heterocycles. The van der Waals surface area contributed by atoms with Crippen molar-refractivity contribution in [3.63, 3.8) is 0 Å². The van der Waals surface area contributed by atoms with E-state index in [9.17, 15) is 5.11 Å². The summed E-state index contributed by atoms with van der Waals surface area (Å²) in [6, 6.07) is 1.94. The Hall–Kier alpha value is -1.62. The molecular weight excluding hydrogens is 216 g/mol. The van der Waals surface area contributed by atoms with Crippen molar-refractivity contribution in [3.05, 3.63) is 35.7 Å². The van der Waals surface area contributed by atoms with Gasteiger partial charge in [-0.1, -0.05) is 6.92 Å². The molecule has 0 saturated carbocycles. The second kappa shape index (κ2) is 4.71. The molecule has 1 atom stereocenters. The Kier molecular flexibility index (Phi) is 3.28. The number of hydrogen-bond acceptors (Lipinski definition) is 3. The first kappa shape index (κ1) is 11.9. The Bertz CT molecular complexity index is 500. The SMILES string of the molecule is CCC(O)c1ccn(Cc2nnc(C)n2C)c1. The zero-order valence-electron chi connectivity index (χ0n) is 10.5. The topological polar surface area (TPSA) is 55.9 Å². The fourth-order valence-electron chi connectivity index (χ4n) is 1.74. The van der Waals surface area contributed by atoms with Gasteiger partial charge in [0.05, 0.1) is 12.6 Å². The fraction of sp³-hybridized carbons (Fsp3) is 0.500. The van der Waals surface area contributed by atoms with Gasteiger partial charge in [0, 0.05) is 19.4 Å². The molecule has 0 amide bonds. The Balaban J connectivity index is 2.14. The smallest absolute Gasteiger partial charge is 0.152 e. The fourth-order valence-corrected chi connectivity index (χ4v) is 1.74. The van der Waals surface area contributed by atoms with E-state index in [0.29, 0.717) is 6.54 Å². The molecule has 0 fully saturated rings. The number of rotatable bonds is 4. The van der Waals surface area contributed by atoms with Crippen LogP contribution in [0.5, 0.6) is 0 Å². The largest absolute Gasteiger partial charge is 0.388 e. The second-order valence-electron chi connectivity index (χ2n) is 4.26. The highest BCUT2D eigenvalue weighted by atomic mass is 16.3. The molecule has 0 aromatic carbocycles. The number of nitrogens with zero attached hydrogens (tertiary/aromatic N) is 4. The van der Waals surface area contributed by atoms with E-state index in [1.54, 1.807) is 0 Å². The minimum absolute atomic E-state index is 0.377. The summed E-state index contributed by atoms with van der Waals surface area (Å²) < 4.78 is 3.98. The first-order valence-electron chi connectivity index (χ1n) is 5.80. The average Bonchev–Trinajstić information content (AvgIpc) is 2.91. The van der Waals surface area contributed by atoms with Crippen molar-refractivity contribution in [2.75, 3.05) is 0 Å². The summed E-state index contributed by atoms with van der Waals surface area (Å²) in [4.78, 5) is 0. The number of aryl methyl sites for hydroxylation is 1. The maximum Gasteiger partial charge on any atom is 0.152 e. The van der Waals surface area contributed by atoms with Crippen LogP contribution >= 0.6 is 0 Å². The molecule has 5 heteroatoms. The average molecular weight is 234 g/mol. The summed E-state index contributed by atoms with van der Waals surface area (Å²) in [5.41, 5.74) is 0.950. The molecule has 1 unspecified atom stereocenters. The van der Waals surface area contributed by atoms with Gasteiger partial charge in [-0.25, -0.2) is 0 Å². The van der Waals surface area contributed by atoms with Gasteiger partial charge in [0.2, 0.25) is 0 Å². The number of aliphatic hydroxyl groups is 1. The van der Waals surface area contributed by atoms with Gasteiger partial charge in [0.25, 0.3) is 0 Å². The summed E-state index contributed by atoms with van der Waals surface area (Å²) in [5, 5.41) is 17.9. The van der Waals surface area contributed by atoms with E-state index in [1.165, 1.54) is 0 Å². The molecule has 5 nitrogen and oxygen atoms in total. The maximum absolute atomic E-state index is 9.72. The standard InChI is InChI=1S/C12H18N4O/c1-4-11(17)10-5-6-16(7-10)8-12-14-13-9(2)15(12)3/h5-7,11,17H,4,8H2,1-3H3. The zero-order chi connectivity index (χ0) is 12.4. The van der Waals surface area contributed by atoms with E-state index < -0.39 is 0 Å². The molecule has 0 aliphatic carbocycles. The van der Waals surface area contributed by atoms with Crippen molar-refractivity contribution < 1.29 is 5.11 Å². The summed E-state index contributed by atoms with van der Waals surface area (Å²) in [7, 11) is 1.95. The first-order chi connectivity index (χ1) is 8.11. The molecule has 92 valence electrons. The molecule has 2 aromatic rings. The molecule has 0 aliphatic heterocycles. The van der Waals surface area contributed by atoms with Gasteiger partial charge in [0.1, 0.15) is 5.82 Å². The molecule has 0 spiro atoms. The highest BCUT2D eigenvalue weighted by molar-refractivity contribution is 5.14. The van der Waals surface area contributed by atoms with Crippen LogP contribution in [0.1, 0.15) is 36.7 Å². The van der Waals surface area contributed by atoms with Gasteiger partial charge < -0.3 is 14.2 Å². The van der Waals surface area contributed by atoms with Crippen LogP contribution in [0, 0.1) is 6.92 Å². The van der Waals surface area contributed by atoms with Crippen molar-refractivity contribution in [3.8, 4) is 0 Å². The van der Waals surface area contributed by atoms with E-state index in [1.807, 2.05) is 48.5 Å². The lowest BCUT2D eigenvalue weighted by Gasteiger charge is -2.05. The highest BCUT2D eigenvalue weighted by Crippen LogP contribution is 2.16. The number of aliphatic hydroxyl groups excluding tert-OH is 1. The van der Waals surface area contributed by atoms with E-state index in [2.05, 4.69) is 10.2 Å². The molecule has 2 heterocycles. The second-order valence-corrected chi connectivity index (χ2v) is 4.26. The molecule has 0 aliphatic rings. The van der Waals surface area contributed by atoms with Crippen LogP contribution in [0.4, 0.5) is 0 Å². The van der Waals surface area contributed by atoms with E-state index in [-0.39, 0.29) is 6.10 Å². The summed E-state index contributed by atoms with van der Waals surface area (Å²) in [6.07, 6.45) is 4.27. The van der Waals surface area contributed by atoms with Crippen LogP contribution < -0.4 is 0 Å². The molecule has 1 N–H and O–H groups in total. The third-order valence-corrected chi connectivity index (χ3v) is 3.05. The minimum Gasteiger partial charge on any atom is -0.388 e. The molecule has 0 saturated heterocycles. The van der Waals surface area contributed by atoms with Crippen molar-refractivity contribution in [2.45, 2.75) is 32.9 Å². The van der Waals surface area contributed by atoms with Gasteiger partial charge in [0.15, 0.2) is 5.82 Å². The Morgan fingerprint density at radius 3 is 2.76 bits per heavy atom. The predicted octanol–water partition coefficient (Wildman–Crippen LogP) is 1.42. The molecule has 2 rings (SSSR count). The van der Waals surface area contributed by atoms with Crippen molar-refractivity contribution in [1.29, 1.82) is 0 Å². The third-order valence-electron chi connectivity index (χ3n) is 3.05. The lowest BCUT2D eigenvalue weighted by Crippen LogP contribution is -2.05. The van der Waals surface area contributed by atoms with E-state index in [4.69, 9.17) is 0 Å². The summed E-state index contributed by atoms with van der Waals surface area (Å²) >= 11 is 0. The monoisotopic (exact) mass is 234 g/mol. The molecular formula is C12H18N4O. The van der Waals surface area contributed by atoms with E-state index in [0.717, 1.165) is 23.6 Å². The van der Waals surface area contributed by atoms with Crippen LogP contribution in [0.2, 0.25) is 0 Å². The molecule has 0 radical (unpaired) electrons. The lowest BCUT2D eigenvalue weighted by atomic mass is 10.1. The van der Waals surface area contributed by atoms with Crippen LogP contribution in [0.3, 0.4) is 0 Å². The molecule has 17 heavy (non-hydrogen) atoms. The quantitative estimate of drug-likeness (QED) is 0.870. The zero-order valence-corrected chi connectivity index (χ0v) is 10.5. The van der Waals surface area contributed by atoms with Crippen molar-refractivity contribution in [1.82, 2.24) is 19.3 Å². The van der Waals surface area contributed by atoms with Gasteiger partial charge in [-0.3, -0.25) is 0 Å². The van der Waals surface area contributed by atoms with E-state index >= 15 is 0 Å². The lowest BCUT2D eigenvalue weighted by molar-refractivity contribution is 0.173. The highest BCUT2D eigenvalue weighted by Gasteiger charge is 2.09. The predicted molar refractivity (Wildman–Crippen MR) is 64.5 cm³/mol. The van der Waals surface area contributed by atoms with Crippen molar-refractivity contribution >= 4 is 0 Å².